The van der Waals surface area contributed by atoms with Gasteiger partial charge in [0.15, 0.2) is 5.76 Å². The van der Waals surface area contributed by atoms with E-state index in [4.69, 9.17) is 11.6 Å². The van der Waals surface area contributed by atoms with Crippen LogP contribution >= 0.6 is 34.7 Å². The van der Waals surface area contributed by atoms with Crippen LogP contribution in [0, 0.1) is 0 Å². The molecule has 1 aromatic heterocycles. The van der Waals surface area contributed by atoms with E-state index < -0.39 is 27.5 Å². The smallest absolute Gasteiger partial charge is 0.290 e. The summed E-state index contributed by atoms with van der Waals surface area (Å²) >= 11 is 8.93. The quantitative estimate of drug-likeness (QED) is 0.464. The number of aliphatic hydroxyl groups is 1. The molecule has 31 heavy (non-hydrogen) atoms. The summed E-state index contributed by atoms with van der Waals surface area (Å²) in [7, 11) is -4.16. The number of sulfone groups is 1. The number of carbonyl (C=O) groups excluding carboxylic acids is 1. The molecular formula is C22H18ClNO4S3. The van der Waals surface area contributed by atoms with E-state index in [1.807, 2.05) is 35.9 Å². The first-order chi connectivity index (χ1) is 14.8. The van der Waals surface area contributed by atoms with Crippen LogP contribution in [0.3, 0.4) is 0 Å². The van der Waals surface area contributed by atoms with Crippen LogP contribution in [0.2, 0.25) is 5.02 Å². The van der Waals surface area contributed by atoms with Gasteiger partial charge in [0.2, 0.25) is 9.84 Å². The largest absolute Gasteiger partial charge is 0.502 e. The van der Waals surface area contributed by atoms with Gasteiger partial charge in [-0.3, -0.25) is 4.79 Å². The van der Waals surface area contributed by atoms with E-state index >= 15 is 0 Å². The van der Waals surface area contributed by atoms with E-state index in [0.717, 1.165) is 9.77 Å². The van der Waals surface area contributed by atoms with E-state index in [1.54, 1.807) is 23.9 Å². The van der Waals surface area contributed by atoms with Crippen LogP contribution in [0.5, 0.6) is 0 Å². The average Bonchev–Trinajstić information content (AvgIpc) is 3.37. The summed E-state index contributed by atoms with van der Waals surface area (Å²) in [6, 6.07) is 15.8. The fourth-order valence-corrected chi connectivity index (χ4v) is 6.38. The van der Waals surface area contributed by atoms with Crippen molar-refractivity contribution in [2.24, 2.45) is 0 Å². The third kappa shape index (κ3) is 4.13. The normalized spacial score (nSPS) is 16.9. The lowest BCUT2D eigenvalue weighted by atomic mass is 10.1. The van der Waals surface area contributed by atoms with Gasteiger partial charge in [0.05, 0.1) is 17.5 Å². The second-order valence-corrected chi connectivity index (χ2v) is 11.1. The van der Waals surface area contributed by atoms with Gasteiger partial charge in [0, 0.05) is 14.8 Å². The van der Waals surface area contributed by atoms with Gasteiger partial charge >= 0.3 is 0 Å². The van der Waals surface area contributed by atoms with Crippen molar-refractivity contribution in [1.82, 2.24) is 4.90 Å². The number of halogens is 1. The lowest BCUT2D eigenvalue weighted by molar-refractivity contribution is -0.130. The summed E-state index contributed by atoms with van der Waals surface area (Å²) in [5, 5.41) is 13.0. The van der Waals surface area contributed by atoms with Crippen molar-refractivity contribution in [3.05, 3.63) is 92.2 Å². The number of aliphatic hydroxyl groups excluding tert-OH is 1. The molecule has 0 unspecified atom stereocenters. The third-order valence-electron chi connectivity index (χ3n) is 5.01. The molecule has 160 valence electrons. The first-order valence-corrected chi connectivity index (χ1v) is 13.2. The lowest BCUT2D eigenvalue weighted by Crippen LogP contribution is -2.30. The van der Waals surface area contributed by atoms with Crippen molar-refractivity contribution >= 4 is 50.4 Å². The highest BCUT2D eigenvalue weighted by atomic mass is 35.5. The number of amides is 1. The third-order valence-corrected chi connectivity index (χ3v) is 8.75. The predicted molar refractivity (Wildman–Crippen MR) is 124 cm³/mol. The van der Waals surface area contributed by atoms with Gasteiger partial charge in [0.25, 0.3) is 5.91 Å². The second-order valence-electron chi connectivity index (χ2n) is 6.86. The second kappa shape index (κ2) is 8.70. The molecule has 9 heteroatoms. The fraction of sp³-hybridized carbons (Fsp3) is 0.136. The van der Waals surface area contributed by atoms with Gasteiger partial charge in [-0.25, -0.2) is 8.42 Å². The number of hydrogen-bond donors (Lipinski definition) is 1. The van der Waals surface area contributed by atoms with Crippen LogP contribution in [-0.4, -0.2) is 30.6 Å². The summed E-state index contributed by atoms with van der Waals surface area (Å²) < 4.78 is 27.0. The van der Waals surface area contributed by atoms with Gasteiger partial charge in [-0.05, 0) is 59.7 Å². The zero-order valence-corrected chi connectivity index (χ0v) is 19.6. The molecule has 2 heterocycles. The number of benzene rings is 2. The van der Waals surface area contributed by atoms with Crippen LogP contribution < -0.4 is 0 Å². The van der Waals surface area contributed by atoms with Gasteiger partial charge in [-0.15, -0.1) is 23.1 Å². The molecule has 1 N–H and O–H groups in total. The minimum atomic E-state index is -4.16. The highest BCUT2D eigenvalue weighted by molar-refractivity contribution is 7.98. The Kier molecular flexibility index (Phi) is 6.16. The molecule has 1 atom stereocenters. The Morgan fingerprint density at radius 1 is 1.10 bits per heavy atom. The topological polar surface area (TPSA) is 74.7 Å². The molecule has 0 bridgehead atoms. The Morgan fingerprint density at radius 2 is 1.77 bits per heavy atom. The van der Waals surface area contributed by atoms with Crippen LogP contribution in [-0.2, 0) is 21.2 Å². The summed E-state index contributed by atoms with van der Waals surface area (Å²) in [6.45, 7) is 0.190. The highest BCUT2D eigenvalue weighted by Gasteiger charge is 2.46. The number of carbonyl (C=O) groups is 1. The molecule has 0 fully saturated rings. The van der Waals surface area contributed by atoms with Gasteiger partial charge in [0.1, 0.15) is 4.91 Å². The predicted octanol–water partition coefficient (Wildman–Crippen LogP) is 5.45. The van der Waals surface area contributed by atoms with Crippen molar-refractivity contribution in [2.75, 3.05) is 6.26 Å². The van der Waals surface area contributed by atoms with Gasteiger partial charge in [-0.2, -0.15) is 0 Å². The molecule has 5 nitrogen and oxygen atoms in total. The zero-order chi connectivity index (χ0) is 22.2. The number of thiophene rings is 1. The van der Waals surface area contributed by atoms with Crippen LogP contribution in [0.25, 0.3) is 0 Å². The summed E-state index contributed by atoms with van der Waals surface area (Å²) in [5.74, 6) is -1.45. The van der Waals surface area contributed by atoms with Crippen molar-refractivity contribution in [2.45, 2.75) is 22.4 Å². The highest BCUT2D eigenvalue weighted by Crippen LogP contribution is 2.43. The maximum absolute atomic E-state index is 13.5. The van der Waals surface area contributed by atoms with Crippen molar-refractivity contribution in [3.63, 3.8) is 0 Å². The molecule has 0 saturated heterocycles. The van der Waals surface area contributed by atoms with E-state index in [-0.39, 0.29) is 16.3 Å². The first kappa shape index (κ1) is 22.0. The number of nitrogens with zero attached hydrogens (tertiary/aromatic N) is 1. The average molecular weight is 492 g/mol. The first-order valence-electron chi connectivity index (χ1n) is 9.24. The number of thioether (sulfide) groups is 1. The van der Waals surface area contributed by atoms with Crippen LogP contribution in [0.15, 0.2) is 86.5 Å². The molecule has 0 radical (unpaired) electrons. The van der Waals surface area contributed by atoms with Crippen LogP contribution in [0.1, 0.15) is 16.5 Å². The van der Waals surface area contributed by atoms with Crippen molar-refractivity contribution < 1.29 is 18.3 Å². The van der Waals surface area contributed by atoms with E-state index in [0.29, 0.717) is 10.6 Å². The number of hydrogen-bond acceptors (Lipinski definition) is 6. The molecule has 1 amide bonds. The fourth-order valence-electron chi connectivity index (χ4n) is 3.50. The molecule has 0 aliphatic carbocycles. The number of rotatable bonds is 6. The maximum Gasteiger partial charge on any atom is 0.290 e. The van der Waals surface area contributed by atoms with E-state index in [1.165, 1.54) is 40.5 Å². The Hall–Kier alpha value is -2.26. The van der Waals surface area contributed by atoms with E-state index in [2.05, 4.69) is 0 Å². The maximum atomic E-state index is 13.5. The Labute approximate surface area is 193 Å². The van der Waals surface area contributed by atoms with Crippen molar-refractivity contribution in [1.29, 1.82) is 0 Å². The van der Waals surface area contributed by atoms with E-state index in [9.17, 15) is 18.3 Å². The Morgan fingerprint density at radius 3 is 2.35 bits per heavy atom. The van der Waals surface area contributed by atoms with Gasteiger partial charge in [-0.1, -0.05) is 29.8 Å². The summed E-state index contributed by atoms with van der Waals surface area (Å²) in [4.78, 5) is 16.0. The summed E-state index contributed by atoms with van der Waals surface area (Å²) in [5.41, 5.74) is 0.610. The molecule has 1 aliphatic heterocycles. The standard InChI is InChI=1S/C22H18ClNO4S3/c1-29-16-8-4-14(5-9-16)19-21(31(27,28)18-10-6-15(23)7-11-18)20(25)22(26)24(19)13-17-3-2-12-30-17/h2-12,19,25H,13H2,1H3/t19-/m0/s1. The van der Waals surface area contributed by atoms with Gasteiger partial charge < -0.3 is 10.0 Å². The zero-order valence-electron chi connectivity index (χ0n) is 16.4. The monoisotopic (exact) mass is 491 g/mol. The Balaban J connectivity index is 1.85. The summed E-state index contributed by atoms with van der Waals surface area (Å²) in [6.07, 6.45) is 1.94. The molecular weight excluding hydrogens is 474 g/mol. The lowest BCUT2D eigenvalue weighted by Gasteiger charge is -2.26. The minimum absolute atomic E-state index is 0.0324. The molecule has 3 aromatic rings. The molecule has 2 aromatic carbocycles. The minimum Gasteiger partial charge on any atom is -0.502 e. The van der Waals surface area contributed by atoms with Crippen molar-refractivity contribution in [3.8, 4) is 0 Å². The molecule has 1 aliphatic rings. The molecule has 0 saturated carbocycles. The van der Waals surface area contributed by atoms with Crippen LogP contribution in [0.4, 0.5) is 0 Å². The molecule has 0 spiro atoms. The molecule has 4 rings (SSSR count). The Bertz CT molecular complexity index is 1230. The SMILES string of the molecule is CSc1ccc([C@H]2C(S(=O)(=O)c3ccc(Cl)cc3)=C(O)C(=O)N2Cc2cccs2)cc1.